The molecule has 0 aliphatic carbocycles. The van der Waals surface area contributed by atoms with Gasteiger partial charge in [0, 0.05) is 12.6 Å². The molecular formula is C18H22N2O3. The van der Waals surface area contributed by atoms with Gasteiger partial charge in [-0.25, -0.2) is 0 Å². The first-order chi connectivity index (χ1) is 11.2. The number of carbonyl (C=O) groups excluding carboxylic acids is 1. The third-order valence-corrected chi connectivity index (χ3v) is 4.35. The first kappa shape index (κ1) is 15.6. The molecule has 0 radical (unpaired) electrons. The van der Waals surface area contributed by atoms with Crippen molar-refractivity contribution in [3.8, 4) is 5.75 Å². The van der Waals surface area contributed by atoms with Crippen LogP contribution in [-0.2, 0) is 0 Å². The van der Waals surface area contributed by atoms with Crippen LogP contribution in [0.2, 0.25) is 0 Å². The van der Waals surface area contributed by atoms with E-state index in [-0.39, 0.29) is 11.9 Å². The first-order valence-corrected chi connectivity index (χ1v) is 8.07. The molecular weight excluding hydrogens is 292 g/mol. The molecule has 0 bridgehead atoms. The number of hydrogen-bond donors (Lipinski definition) is 0. The molecule has 0 N–H and O–H groups in total. The van der Waals surface area contributed by atoms with Crippen molar-refractivity contribution >= 4 is 5.91 Å². The topological polar surface area (TPSA) is 55.6 Å². The van der Waals surface area contributed by atoms with Crippen LogP contribution in [0.25, 0.3) is 0 Å². The summed E-state index contributed by atoms with van der Waals surface area (Å²) in [7, 11) is 1.66. The zero-order valence-electron chi connectivity index (χ0n) is 13.6. The van der Waals surface area contributed by atoms with Crippen LogP contribution in [0.5, 0.6) is 5.75 Å². The maximum Gasteiger partial charge on any atom is 0.292 e. The van der Waals surface area contributed by atoms with E-state index in [0.29, 0.717) is 5.76 Å². The fourth-order valence-electron chi connectivity index (χ4n) is 3.13. The minimum atomic E-state index is -0.0756. The maximum atomic E-state index is 12.8. The summed E-state index contributed by atoms with van der Waals surface area (Å²) >= 11 is 0. The average Bonchev–Trinajstić information content (AvgIpc) is 2.87. The Morgan fingerprint density at radius 3 is 2.70 bits per heavy atom. The van der Waals surface area contributed by atoms with E-state index < -0.39 is 0 Å². The Bertz CT molecular complexity index is 663. The highest BCUT2D eigenvalue weighted by Crippen LogP contribution is 2.32. The lowest BCUT2D eigenvalue weighted by Gasteiger charge is -2.29. The Morgan fingerprint density at radius 1 is 1.26 bits per heavy atom. The van der Waals surface area contributed by atoms with Crippen LogP contribution in [0.15, 0.2) is 34.9 Å². The molecule has 2 heterocycles. The number of likely N-dealkylation sites (tertiary alicyclic amines) is 1. The molecule has 1 aromatic carbocycles. The van der Waals surface area contributed by atoms with Crippen LogP contribution < -0.4 is 4.74 Å². The number of amides is 1. The van der Waals surface area contributed by atoms with Gasteiger partial charge < -0.3 is 14.2 Å². The smallest absolute Gasteiger partial charge is 0.292 e. The van der Waals surface area contributed by atoms with E-state index in [1.807, 2.05) is 36.1 Å². The molecule has 5 nitrogen and oxygen atoms in total. The molecule has 0 saturated carbocycles. The molecule has 1 fully saturated rings. The van der Waals surface area contributed by atoms with Gasteiger partial charge in [0.15, 0.2) is 0 Å². The molecule has 23 heavy (non-hydrogen) atoms. The summed E-state index contributed by atoms with van der Waals surface area (Å²) in [5.41, 5.74) is 1.86. The summed E-state index contributed by atoms with van der Waals surface area (Å²) in [6, 6.07) is 9.75. The van der Waals surface area contributed by atoms with E-state index in [4.69, 9.17) is 9.26 Å². The molecule has 1 aromatic heterocycles. The van der Waals surface area contributed by atoms with Gasteiger partial charge in [0.05, 0.1) is 18.8 Å². The lowest BCUT2D eigenvalue weighted by atomic mass is 10.0. The summed E-state index contributed by atoms with van der Waals surface area (Å²) in [5.74, 6) is 1.07. The van der Waals surface area contributed by atoms with Crippen molar-refractivity contribution in [2.24, 2.45) is 0 Å². The third-order valence-electron chi connectivity index (χ3n) is 4.35. The molecule has 1 saturated heterocycles. The van der Waals surface area contributed by atoms with Gasteiger partial charge in [-0.05, 0) is 37.5 Å². The van der Waals surface area contributed by atoms with Crippen LogP contribution in [-0.4, -0.2) is 29.6 Å². The molecule has 0 unspecified atom stereocenters. The van der Waals surface area contributed by atoms with E-state index >= 15 is 0 Å². The highest BCUT2D eigenvalue weighted by Gasteiger charge is 2.29. The van der Waals surface area contributed by atoms with Gasteiger partial charge in [0.1, 0.15) is 5.75 Å². The molecule has 1 amide bonds. The van der Waals surface area contributed by atoms with Crippen LogP contribution >= 0.6 is 0 Å². The minimum absolute atomic E-state index is 0.0707. The second-order valence-corrected chi connectivity index (χ2v) is 5.97. The van der Waals surface area contributed by atoms with Gasteiger partial charge in [-0.15, -0.1) is 0 Å². The molecule has 0 spiro atoms. The van der Waals surface area contributed by atoms with Crippen molar-refractivity contribution in [2.75, 3.05) is 13.7 Å². The van der Waals surface area contributed by atoms with Crippen LogP contribution in [0.3, 0.4) is 0 Å². The minimum Gasteiger partial charge on any atom is -0.497 e. The monoisotopic (exact) mass is 314 g/mol. The van der Waals surface area contributed by atoms with E-state index in [1.54, 1.807) is 13.2 Å². The normalized spacial score (nSPS) is 18.5. The number of ether oxygens (including phenoxy) is 1. The van der Waals surface area contributed by atoms with E-state index in [1.165, 1.54) is 0 Å². The number of nitrogens with zero attached hydrogens (tertiary/aromatic N) is 2. The van der Waals surface area contributed by atoms with Crippen molar-refractivity contribution in [1.29, 1.82) is 0 Å². The van der Waals surface area contributed by atoms with Crippen molar-refractivity contribution < 1.29 is 14.1 Å². The second kappa shape index (κ2) is 6.86. The summed E-state index contributed by atoms with van der Waals surface area (Å²) in [6.45, 7) is 2.57. The predicted molar refractivity (Wildman–Crippen MR) is 86.5 cm³/mol. The van der Waals surface area contributed by atoms with Gasteiger partial charge >= 0.3 is 0 Å². The fourth-order valence-corrected chi connectivity index (χ4v) is 3.13. The van der Waals surface area contributed by atoms with Crippen molar-refractivity contribution in [2.45, 2.75) is 38.6 Å². The summed E-state index contributed by atoms with van der Waals surface area (Å²) in [5, 5.41) is 3.84. The average molecular weight is 314 g/mol. The number of rotatable bonds is 3. The summed E-state index contributed by atoms with van der Waals surface area (Å²) < 4.78 is 10.4. The molecule has 1 aliphatic rings. The van der Waals surface area contributed by atoms with Crippen molar-refractivity contribution in [3.05, 3.63) is 47.3 Å². The zero-order valence-corrected chi connectivity index (χ0v) is 13.6. The van der Waals surface area contributed by atoms with Gasteiger partial charge in [-0.3, -0.25) is 4.79 Å². The number of hydrogen-bond acceptors (Lipinski definition) is 4. The fraction of sp³-hybridized carbons (Fsp3) is 0.444. The number of methoxy groups -OCH3 is 1. The van der Waals surface area contributed by atoms with Crippen LogP contribution in [0.1, 0.15) is 53.5 Å². The number of carbonyl (C=O) groups is 1. The van der Waals surface area contributed by atoms with Gasteiger partial charge in [-0.1, -0.05) is 30.1 Å². The quantitative estimate of drug-likeness (QED) is 0.866. The number of benzene rings is 1. The van der Waals surface area contributed by atoms with Gasteiger partial charge in [0.2, 0.25) is 5.76 Å². The second-order valence-electron chi connectivity index (χ2n) is 5.97. The van der Waals surface area contributed by atoms with Crippen LogP contribution in [0, 0.1) is 6.92 Å². The molecule has 122 valence electrons. The van der Waals surface area contributed by atoms with Crippen LogP contribution in [0.4, 0.5) is 0 Å². The van der Waals surface area contributed by atoms with Crippen molar-refractivity contribution in [1.82, 2.24) is 10.1 Å². The summed E-state index contributed by atoms with van der Waals surface area (Å²) in [6.07, 6.45) is 4.25. The zero-order chi connectivity index (χ0) is 16.2. The molecule has 3 rings (SSSR count). The molecule has 5 heteroatoms. The Kier molecular flexibility index (Phi) is 4.65. The molecule has 1 atom stereocenters. The maximum absolute atomic E-state index is 12.8. The molecule has 1 aliphatic heterocycles. The molecule has 2 aromatic rings. The summed E-state index contributed by atoms with van der Waals surface area (Å²) in [4.78, 5) is 14.8. The Labute approximate surface area is 136 Å². The Balaban J connectivity index is 1.88. The largest absolute Gasteiger partial charge is 0.497 e. The first-order valence-electron chi connectivity index (χ1n) is 8.07. The highest BCUT2D eigenvalue weighted by molar-refractivity contribution is 5.91. The number of aromatic nitrogens is 1. The van der Waals surface area contributed by atoms with Crippen molar-refractivity contribution in [3.63, 3.8) is 0 Å². The van der Waals surface area contributed by atoms with E-state index in [9.17, 15) is 4.79 Å². The predicted octanol–water partition coefficient (Wildman–Crippen LogP) is 3.75. The Hall–Kier alpha value is -2.30. The lowest BCUT2D eigenvalue weighted by Crippen LogP contribution is -2.34. The van der Waals surface area contributed by atoms with Gasteiger partial charge in [0.25, 0.3) is 5.91 Å². The standard InChI is InChI=1S/C18H22N2O3/c1-13-12-17(23-19-13)18(21)20-11-5-3-4-6-16(20)14-7-9-15(22-2)10-8-14/h7-10,12,16H,3-6,11H2,1-2H3/t16-/m1/s1. The van der Waals surface area contributed by atoms with Gasteiger partial charge in [-0.2, -0.15) is 0 Å². The third kappa shape index (κ3) is 3.38. The van der Waals surface area contributed by atoms with E-state index in [2.05, 4.69) is 5.16 Å². The number of aryl methyl sites for hydroxylation is 1. The van der Waals surface area contributed by atoms with E-state index in [0.717, 1.165) is 49.2 Å². The lowest BCUT2D eigenvalue weighted by molar-refractivity contribution is 0.0638. The Morgan fingerprint density at radius 2 is 2.04 bits per heavy atom. The SMILES string of the molecule is COc1ccc([C@H]2CCCCCN2C(=O)c2cc(C)no2)cc1. The highest BCUT2D eigenvalue weighted by atomic mass is 16.5.